The van der Waals surface area contributed by atoms with Crippen molar-refractivity contribution in [1.82, 2.24) is 0 Å². The number of carbonyl (C=O) groups is 1. The molecule has 2 aromatic rings. The summed E-state index contributed by atoms with van der Waals surface area (Å²) in [5.41, 5.74) is 0.948. The molecule has 0 saturated heterocycles. The number of para-hydroxylation sites is 1. The molecule has 0 aliphatic heterocycles. The number of rotatable bonds is 8. The standard InChI is InChI=1S/C18H20O4S/c1-20-13-22-16-11-7-6-8-14(16)12-17(18(19)21-2)23-15-9-4-3-5-10-15/h3-11,17H,12-13H2,1-2H3. The molecule has 0 radical (unpaired) electrons. The molecule has 1 atom stereocenters. The van der Waals surface area contributed by atoms with Crippen molar-refractivity contribution >= 4 is 17.7 Å². The molecule has 0 aliphatic carbocycles. The Labute approximate surface area is 140 Å². The second-order valence-electron chi connectivity index (χ2n) is 4.81. The molecule has 0 fully saturated rings. The maximum atomic E-state index is 12.1. The second-order valence-corrected chi connectivity index (χ2v) is 6.08. The number of thioether (sulfide) groups is 1. The molecule has 23 heavy (non-hydrogen) atoms. The smallest absolute Gasteiger partial charge is 0.319 e. The highest BCUT2D eigenvalue weighted by molar-refractivity contribution is 8.00. The molecular formula is C18H20O4S. The Bertz CT molecular complexity index is 615. The van der Waals surface area contributed by atoms with Crippen molar-refractivity contribution in [3.63, 3.8) is 0 Å². The van der Waals surface area contributed by atoms with Crippen molar-refractivity contribution in [1.29, 1.82) is 0 Å². The number of hydrogen-bond donors (Lipinski definition) is 0. The Morgan fingerprint density at radius 3 is 2.43 bits per heavy atom. The fourth-order valence-corrected chi connectivity index (χ4v) is 3.20. The van der Waals surface area contributed by atoms with Gasteiger partial charge in [0.1, 0.15) is 11.0 Å². The summed E-state index contributed by atoms with van der Waals surface area (Å²) in [6.45, 7) is 0.172. The first-order chi connectivity index (χ1) is 11.2. The zero-order chi connectivity index (χ0) is 16.5. The molecule has 122 valence electrons. The minimum Gasteiger partial charge on any atom is -0.468 e. The summed E-state index contributed by atoms with van der Waals surface area (Å²) >= 11 is 1.49. The Morgan fingerprint density at radius 2 is 1.74 bits per heavy atom. The molecule has 0 bridgehead atoms. The molecule has 0 aliphatic rings. The van der Waals surface area contributed by atoms with Gasteiger partial charge in [-0.25, -0.2) is 0 Å². The minimum absolute atomic E-state index is 0.172. The number of methoxy groups -OCH3 is 2. The summed E-state index contributed by atoms with van der Waals surface area (Å²) in [4.78, 5) is 13.2. The first kappa shape index (κ1) is 17.4. The lowest BCUT2D eigenvalue weighted by atomic mass is 10.1. The lowest BCUT2D eigenvalue weighted by Crippen LogP contribution is -2.21. The van der Waals surface area contributed by atoms with E-state index in [0.717, 1.165) is 16.2 Å². The Balaban J connectivity index is 2.16. The van der Waals surface area contributed by atoms with E-state index in [2.05, 4.69) is 0 Å². The van der Waals surface area contributed by atoms with Gasteiger partial charge >= 0.3 is 5.97 Å². The van der Waals surface area contributed by atoms with E-state index in [9.17, 15) is 4.79 Å². The highest BCUT2D eigenvalue weighted by Gasteiger charge is 2.22. The first-order valence-corrected chi connectivity index (χ1v) is 8.11. The average Bonchev–Trinajstić information content (AvgIpc) is 2.60. The number of ether oxygens (including phenoxy) is 3. The minimum atomic E-state index is -0.338. The molecule has 1 unspecified atom stereocenters. The van der Waals surface area contributed by atoms with Gasteiger partial charge in [-0.05, 0) is 30.2 Å². The fourth-order valence-electron chi connectivity index (χ4n) is 2.10. The third-order valence-electron chi connectivity index (χ3n) is 3.20. The quantitative estimate of drug-likeness (QED) is 0.420. The van der Waals surface area contributed by atoms with E-state index in [1.54, 1.807) is 7.11 Å². The van der Waals surface area contributed by atoms with Crippen LogP contribution in [0, 0.1) is 0 Å². The van der Waals surface area contributed by atoms with E-state index in [0.29, 0.717) is 6.42 Å². The molecule has 0 N–H and O–H groups in total. The molecule has 0 heterocycles. The lowest BCUT2D eigenvalue weighted by Gasteiger charge is -2.17. The normalized spacial score (nSPS) is 11.7. The summed E-state index contributed by atoms with van der Waals surface area (Å²) in [6.07, 6.45) is 0.520. The van der Waals surface area contributed by atoms with Crippen LogP contribution >= 0.6 is 11.8 Å². The highest BCUT2D eigenvalue weighted by atomic mass is 32.2. The largest absolute Gasteiger partial charge is 0.468 e. The van der Waals surface area contributed by atoms with Crippen LogP contribution < -0.4 is 4.74 Å². The first-order valence-electron chi connectivity index (χ1n) is 7.23. The Hall–Kier alpha value is -1.98. The molecule has 0 saturated carbocycles. The van der Waals surface area contributed by atoms with Crippen LogP contribution in [0.5, 0.6) is 5.75 Å². The van der Waals surface area contributed by atoms with Crippen LogP contribution in [0.25, 0.3) is 0 Å². The predicted octanol–water partition coefficient (Wildman–Crippen LogP) is 3.55. The van der Waals surface area contributed by atoms with Crippen LogP contribution in [0.1, 0.15) is 5.56 Å². The second kappa shape index (κ2) is 9.22. The van der Waals surface area contributed by atoms with Gasteiger partial charge in [0.05, 0.1) is 7.11 Å². The predicted molar refractivity (Wildman–Crippen MR) is 90.8 cm³/mol. The van der Waals surface area contributed by atoms with Crippen LogP contribution in [0.2, 0.25) is 0 Å². The van der Waals surface area contributed by atoms with E-state index < -0.39 is 0 Å². The van der Waals surface area contributed by atoms with Crippen molar-refractivity contribution in [2.45, 2.75) is 16.6 Å². The Morgan fingerprint density at radius 1 is 1.04 bits per heavy atom. The fraction of sp³-hybridized carbons (Fsp3) is 0.278. The molecule has 0 aromatic heterocycles. The summed E-state index contributed by atoms with van der Waals surface area (Å²) in [6, 6.07) is 17.5. The van der Waals surface area contributed by atoms with Crippen LogP contribution in [0.3, 0.4) is 0 Å². The van der Waals surface area contributed by atoms with Crippen molar-refractivity contribution < 1.29 is 19.0 Å². The van der Waals surface area contributed by atoms with Crippen LogP contribution in [-0.2, 0) is 20.7 Å². The van der Waals surface area contributed by atoms with Crippen LogP contribution in [0.4, 0.5) is 0 Å². The lowest BCUT2D eigenvalue weighted by molar-refractivity contribution is -0.139. The Kier molecular flexibility index (Phi) is 6.97. The van der Waals surface area contributed by atoms with Crippen molar-refractivity contribution in [3.05, 3.63) is 60.2 Å². The van der Waals surface area contributed by atoms with E-state index in [1.165, 1.54) is 18.9 Å². The van der Waals surface area contributed by atoms with Gasteiger partial charge in [-0.2, -0.15) is 0 Å². The number of carbonyl (C=O) groups excluding carboxylic acids is 1. The van der Waals surface area contributed by atoms with Gasteiger partial charge in [0.15, 0.2) is 6.79 Å². The van der Waals surface area contributed by atoms with Crippen LogP contribution in [-0.4, -0.2) is 32.2 Å². The van der Waals surface area contributed by atoms with Gasteiger partial charge in [-0.15, -0.1) is 11.8 Å². The third-order valence-corrected chi connectivity index (χ3v) is 4.38. The van der Waals surface area contributed by atoms with E-state index >= 15 is 0 Å². The van der Waals surface area contributed by atoms with Gasteiger partial charge in [0.2, 0.25) is 0 Å². The molecule has 5 heteroatoms. The number of esters is 1. The third kappa shape index (κ3) is 5.30. The summed E-state index contributed by atoms with van der Waals surface area (Å²) in [5.74, 6) is 0.470. The monoisotopic (exact) mass is 332 g/mol. The van der Waals surface area contributed by atoms with Gasteiger partial charge in [0, 0.05) is 12.0 Å². The molecule has 4 nitrogen and oxygen atoms in total. The van der Waals surface area contributed by atoms with Gasteiger partial charge in [-0.1, -0.05) is 36.4 Å². The maximum Gasteiger partial charge on any atom is 0.319 e. The van der Waals surface area contributed by atoms with Crippen molar-refractivity contribution in [2.24, 2.45) is 0 Å². The average molecular weight is 332 g/mol. The van der Waals surface area contributed by atoms with Crippen molar-refractivity contribution in [3.8, 4) is 5.75 Å². The van der Waals surface area contributed by atoms with Crippen LogP contribution in [0.15, 0.2) is 59.5 Å². The molecule has 2 rings (SSSR count). The summed E-state index contributed by atoms with van der Waals surface area (Å²) < 4.78 is 15.5. The number of hydrogen-bond acceptors (Lipinski definition) is 5. The van der Waals surface area contributed by atoms with E-state index in [1.807, 2.05) is 54.6 Å². The molecule has 0 spiro atoms. The molecule has 2 aromatic carbocycles. The molecular weight excluding hydrogens is 312 g/mol. The summed E-state index contributed by atoms with van der Waals surface area (Å²) in [5, 5.41) is -0.338. The molecule has 0 amide bonds. The van der Waals surface area contributed by atoms with E-state index in [-0.39, 0.29) is 18.0 Å². The van der Waals surface area contributed by atoms with E-state index in [4.69, 9.17) is 14.2 Å². The zero-order valence-corrected chi connectivity index (χ0v) is 14.0. The topological polar surface area (TPSA) is 44.8 Å². The maximum absolute atomic E-state index is 12.1. The van der Waals surface area contributed by atoms with Gasteiger partial charge < -0.3 is 14.2 Å². The number of benzene rings is 2. The van der Waals surface area contributed by atoms with Gasteiger partial charge in [0.25, 0.3) is 0 Å². The van der Waals surface area contributed by atoms with Gasteiger partial charge in [-0.3, -0.25) is 4.79 Å². The highest BCUT2D eigenvalue weighted by Crippen LogP contribution is 2.29. The van der Waals surface area contributed by atoms with Crippen molar-refractivity contribution in [2.75, 3.05) is 21.0 Å². The summed E-state index contributed by atoms with van der Waals surface area (Å²) in [7, 11) is 2.99. The zero-order valence-electron chi connectivity index (χ0n) is 13.2. The SMILES string of the molecule is COCOc1ccccc1CC(Sc1ccccc1)C(=O)OC.